The fourth-order valence-electron chi connectivity index (χ4n) is 5.19. The molecule has 6 rings (SSSR count). The molecule has 0 bridgehead atoms. The molecule has 55 heavy (non-hydrogen) atoms. The third kappa shape index (κ3) is 8.28. The molecule has 0 amide bonds. The van der Waals surface area contributed by atoms with Crippen LogP contribution in [-0.2, 0) is 40.5 Å². The minimum Gasteiger partial charge on any atom is -0.505 e. The second-order valence-electron chi connectivity index (χ2n) is 11.0. The fraction of sp³-hybridized carbons (Fsp3) is 0. The summed E-state index contributed by atoms with van der Waals surface area (Å²) in [5.74, 6) is -1.61. The standard InChI is InChI=1S/C29H19ClFN7O13S4/c30-14-4-6-15(7-5-14)32-28-34-27(31)35-29(36-28)33-20-12-16(52(40,41)42)10-13-11-22(54(46,47)48)24(25(39)23(13)20)38-37-19-9-8-17-18(26(19)55(49,50)51)2-1-3-21(17)53(43,44)45/h1-12,39H,(H,40,41,42)(H,43,44,45)(H,46,47,48)(H,49,50,51)(H2,32,33,34,35,36). The van der Waals surface area contributed by atoms with Crippen LogP contribution in [0.25, 0.3) is 21.5 Å². The van der Waals surface area contributed by atoms with Crippen LogP contribution in [0.15, 0.2) is 108 Å². The van der Waals surface area contributed by atoms with Gasteiger partial charge in [0, 0.05) is 21.5 Å². The quantitative estimate of drug-likeness (QED) is 0.0744. The largest absolute Gasteiger partial charge is 0.505 e. The Morgan fingerprint density at radius 2 is 1.38 bits per heavy atom. The Hall–Kier alpha value is -5.51. The fourth-order valence-corrected chi connectivity index (χ4v) is 8.04. The molecule has 0 atom stereocenters. The predicted molar refractivity (Wildman–Crippen MR) is 189 cm³/mol. The van der Waals surface area contributed by atoms with Gasteiger partial charge in [0.05, 0.1) is 16.0 Å². The number of hydrogen-bond acceptors (Lipinski definition) is 15. The molecule has 0 fully saturated rings. The zero-order valence-electron chi connectivity index (χ0n) is 26.6. The van der Waals surface area contributed by atoms with E-state index in [0.29, 0.717) is 28.9 Å². The highest BCUT2D eigenvalue weighted by molar-refractivity contribution is 7.87. The maximum atomic E-state index is 14.6. The number of benzene rings is 5. The third-order valence-corrected chi connectivity index (χ3v) is 11.2. The smallest absolute Gasteiger partial charge is 0.297 e. The molecule has 0 spiro atoms. The third-order valence-electron chi connectivity index (χ3n) is 7.38. The molecular weight excluding hydrogens is 837 g/mol. The minimum atomic E-state index is -5.42. The molecule has 0 aliphatic carbocycles. The average Bonchev–Trinajstić information content (AvgIpc) is 3.06. The number of fused-ring (bicyclic) bond motifs is 2. The van der Waals surface area contributed by atoms with Crippen LogP contribution in [0, 0.1) is 6.08 Å². The Bertz CT molecular complexity index is 3170. The highest BCUT2D eigenvalue weighted by Crippen LogP contribution is 2.46. The van der Waals surface area contributed by atoms with Crippen LogP contribution in [0.5, 0.6) is 5.75 Å². The number of phenols is 1. The summed E-state index contributed by atoms with van der Waals surface area (Å²) in [7, 11) is -20.8. The van der Waals surface area contributed by atoms with Gasteiger partial charge in [-0.1, -0.05) is 29.8 Å². The zero-order chi connectivity index (χ0) is 40.2. The molecule has 0 saturated heterocycles. The Morgan fingerprint density at radius 3 is 2.00 bits per heavy atom. The van der Waals surface area contributed by atoms with E-state index in [1.807, 2.05) is 0 Å². The second kappa shape index (κ2) is 14.0. The summed E-state index contributed by atoms with van der Waals surface area (Å²) >= 11 is 5.88. The molecule has 26 heteroatoms. The van der Waals surface area contributed by atoms with Gasteiger partial charge in [-0.3, -0.25) is 23.2 Å². The first kappa shape index (κ1) is 39.2. The van der Waals surface area contributed by atoms with Gasteiger partial charge in [0.2, 0.25) is 11.6 Å². The first-order valence-electron chi connectivity index (χ1n) is 14.4. The van der Waals surface area contributed by atoms with Crippen molar-refractivity contribution in [2.24, 2.45) is 15.2 Å². The number of nitrogens with zero attached hydrogens (tertiary/aromatic N) is 5. The van der Waals surface area contributed by atoms with Crippen LogP contribution in [0.2, 0.25) is 5.02 Å². The van der Waals surface area contributed by atoms with E-state index in [4.69, 9.17) is 11.6 Å². The second-order valence-corrected chi connectivity index (χ2v) is 17.0. The topological polar surface area (TPSA) is 328 Å². The van der Waals surface area contributed by atoms with Gasteiger partial charge in [-0.15, -0.1) is 10.2 Å². The van der Waals surface area contributed by atoms with Crippen molar-refractivity contribution in [3.63, 3.8) is 0 Å². The molecule has 286 valence electrons. The van der Waals surface area contributed by atoms with Crippen LogP contribution in [0.3, 0.4) is 0 Å². The number of aromatic amines is 1. The molecule has 0 aliphatic rings. The summed E-state index contributed by atoms with van der Waals surface area (Å²) in [6.07, 6.45) is -1.28. The van der Waals surface area contributed by atoms with Crippen molar-refractivity contribution in [3.8, 4) is 5.75 Å². The maximum absolute atomic E-state index is 14.6. The van der Waals surface area contributed by atoms with Gasteiger partial charge < -0.3 is 10.4 Å². The maximum Gasteiger partial charge on any atom is 0.297 e. The molecular formula is C29H19ClFN7O13S4. The van der Waals surface area contributed by atoms with Crippen LogP contribution >= 0.6 is 11.6 Å². The Labute approximate surface area is 312 Å². The monoisotopic (exact) mass is 855 g/mol. The Morgan fingerprint density at radius 1 is 0.709 bits per heavy atom. The number of hydrogen-bond donors (Lipinski definition) is 7. The minimum absolute atomic E-state index is 0.340. The van der Waals surface area contributed by atoms with Gasteiger partial charge in [-0.05, 0) is 60.0 Å². The lowest BCUT2D eigenvalue weighted by atomic mass is 10.1. The first-order chi connectivity index (χ1) is 25.5. The van der Waals surface area contributed by atoms with E-state index >= 15 is 0 Å². The van der Waals surface area contributed by atoms with Crippen LogP contribution in [0.4, 0.5) is 33.1 Å². The van der Waals surface area contributed by atoms with Gasteiger partial charge in [0.25, 0.3) is 46.6 Å². The number of phenolic OH excluding ortho intramolecular Hbond substituents is 1. The molecule has 20 nitrogen and oxygen atoms in total. The zero-order valence-corrected chi connectivity index (χ0v) is 30.6. The van der Waals surface area contributed by atoms with Crippen molar-refractivity contribution in [3.05, 3.63) is 89.5 Å². The number of aromatic nitrogens is 3. The number of nitrogens with one attached hydrogen (secondary N) is 2. The van der Waals surface area contributed by atoms with E-state index in [-0.39, 0.29) is 0 Å². The average molecular weight is 856 g/mol. The van der Waals surface area contributed by atoms with Crippen molar-refractivity contribution in [1.82, 2.24) is 15.0 Å². The van der Waals surface area contributed by atoms with Crippen molar-refractivity contribution in [2.75, 3.05) is 5.32 Å². The van der Waals surface area contributed by atoms with Crippen molar-refractivity contribution in [1.29, 1.82) is 0 Å². The van der Waals surface area contributed by atoms with Crippen molar-refractivity contribution in [2.45, 2.75) is 19.6 Å². The van der Waals surface area contributed by atoms with E-state index in [9.17, 15) is 61.4 Å². The normalized spacial score (nSPS) is 13.2. The van der Waals surface area contributed by atoms with Gasteiger partial charge in [-0.2, -0.15) is 48.0 Å². The highest BCUT2D eigenvalue weighted by atomic mass is 35.5. The Balaban J connectivity index is 1.62. The van der Waals surface area contributed by atoms with Gasteiger partial charge >= 0.3 is 0 Å². The summed E-state index contributed by atoms with van der Waals surface area (Å²) in [4.78, 5) is 9.61. The predicted octanol–water partition coefficient (Wildman–Crippen LogP) is 4.99. The molecule has 1 aromatic heterocycles. The number of rotatable bonds is 9. The van der Waals surface area contributed by atoms with Crippen LogP contribution < -0.4 is 10.9 Å². The molecule has 5 aromatic carbocycles. The number of halogens is 2. The first-order valence-corrected chi connectivity index (χ1v) is 20.6. The molecule has 6 aromatic rings. The van der Waals surface area contributed by atoms with Gasteiger partial charge in [0.15, 0.2) is 5.75 Å². The molecule has 0 unspecified atom stereocenters. The van der Waals surface area contributed by atoms with Crippen molar-refractivity contribution < 1.29 is 61.4 Å². The van der Waals surface area contributed by atoms with E-state index < -0.39 is 122 Å². The van der Waals surface area contributed by atoms with E-state index in [1.165, 1.54) is 24.3 Å². The molecule has 1 heterocycles. The number of azo groups is 1. The van der Waals surface area contributed by atoms with Crippen LogP contribution in [0.1, 0.15) is 0 Å². The van der Waals surface area contributed by atoms with Crippen LogP contribution in [-0.4, -0.2) is 71.9 Å². The van der Waals surface area contributed by atoms with E-state index in [2.05, 4.69) is 35.5 Å². The highest BCUT2D eigenvalue weighted by Gasteiger charge is 2.27. The summed E-state index contributed by atoms with van der Waals surface area (Å²) in [6.45, 7) is 0. The van der Waals surface area contributed by atoms with Gasteiger partial charge in [0.1, 0.15) is 26.1 Å². The lowest BCUT2D eigenvalue weighted by Gasteiger charge is -2.12. The molecule has 7 N–H and O–H groups in total. The van der Waals surface area contributed by atoms with Gasteiger partial charge in [-0.25, -0.2) is 4.99 Å². The molecule has 0 radical (unpaired) electrons. The summed E-state index contributed by atoms with van der Waals surface area (Å²) < 4.78 is 153. The summed E-state index contributed by atoms with van der Waals surface area (Å²) in [6, 6.07) is 12.7. The summed E-state index contributed by atoms with van der Waals surface area (Å²) in [5, 5.41) is 19.8. The van der Waals surface area contributed by atoms with Crippen molar-refractivity contribution >= 4 is 102 Å². The van der Waals surface area contributed by atoms with E-state index in [0.717, 1.165) is 30.3 Å². The SMILES string of the molecule is O=S(=O)(O)c1cc(N=c2nc(Nc3ccc(Cl)cc3)nc(F)[nH]2)c2c(O)c(N=Nc3ccc4c(S(=O)(=O)O)cccc4c3S(=O)(=O)O)c(S(=O)(=O)O)cc2c1. The molecule has 0 aliphatic heterocycles. The summed E-state index contributed by atoms with van der Waals surface area (Å²) in [5.41, 5.74) is -2.84. The lowest BCUT2D eigenvalue weighted by Crippen LogP contribution is -2.18. The Kier molecular flexibility index (Phi) is 9.95. The van der Waals surface area contributed by atoms with E-state index in [1.54, 1.807) is 0 Å². The lowest BCUT2D eigenvalue weighted by molar-refractivity contribution is 0.472. The molecule has 0 saturated carbocycles. The number of aromatic hydroxyl groups is 1. The number of H-pyrrole nitrogens is 1. The number of anilines is 2.